The zero-order chi connectivity index (χ0) is 18.6. The van der Waals surface area contributed by atoms with Gasteiger partial charge in [-0.05, 0) is 32.4 Å². The van der Waals surface area contributed by atoms with Gasteiger partial charge >= 0.3 is 0 Å². The van der Waals surface area contributed by atoms with Crippen molar-refractivity contribution in [3.8, 4) is 17.2 Å². The number of ether oxygens (including phenoxy) is 3. The molecule has 0 spiro atoms. The summed E-state index contributed by atoms with van der Waals surface area (Å²) >= 11 is 0. The minimum atomic E-state index is -0.178. The molecule has 0 N–H and O–H groups in total. The monoisotopic (exact) mass is 340 g/mol. The average Bonchev–Trinajstić information content (AvgIpc) is 2.61. The second-order valence-corrected chi connectivity index (χ2v) is 5.83. The molecule has 0 saturated heterocycles. The molecule has 0 unspecified atom stereocenters. The predicted molar refractivity (Wildman–Crippen MR) is 100 cm³/mol. The van der Waals surface area contributed by atoms with Gasteiger partial charge in [0.2, 0.25) is 0 Å². The molecule has 0 atom stereocenters. The maximum Gasteiger partial charge on any atom is 0.193 e. The molecule has 2 aromatic carbocycles. The zero-order valence-corrected chi connectivity index (χ0v) is 15.6. The number of aryl methyl sites for hydroxylation is 1. The molecule has 4 nitrogen and oxygen atoms in total. The Hall–Kier alpha value is -2.75. The number of benzene rings is 2. The second kappa shape index (κ2) is 7.88. The Morgan fingerprint density at radius 3 is 1.72 bits per heavy atom. The van der Waals surface area contributed by atoms with E-state index in [0.29, 0.717) is 22.8 Å². The highest BCUT2D eigenvalue weighted by molar-refractivity contribution is 6.11. The van der Waals surface area contributed by atoms with Gasteiger partial charge in [0.05, 0.1) is 21.3 Å². The topological polar surface area (TPSA) is 44.8 Å². The SMILES string of the molecule is COc1c(C)c(OC)c(C(=O)C=Cc2ccc(C)cc2)c(OC)c1C. The Morgan fingerprint density at radius 2 is 1.28 bits per heavy atom. The van der Waals surface area contributed by atoms with Crippen LogP contribution in [0.5, 0.6) is 17.2 Å². The van der Waals surface area contributed by atoms with E-state index in [4.69, 9.17) is 14.2 Å². The van der Waals surface area contributed by atoms with Crippen LogP contribution in [0.2, 0.25) is 0 Å². The number of methoxy groups -OCH3 is 3. The summed E-state index contributed by atoms with van der Waals surface area (Å²) in [5.41, 5.74) is 4.09. The van der Waals surface area contributed by atoms with Crippen LogP contribution in [0.3, 0.4) is 0 Å². The third-order valence-electron chi connectivity index (χ3n) is 4.18. The van der Waals surface area contributed by atoms with Crippen molar-refractivity contribution in [3.05, 3.63) is 58.2 Å². The summed E-state index contributed by atoms with van der Waals surface area (Å²) in [6.07, 6.45) is 3.33. The molecule has 0 heterocycles. The molecule has 4 heteroatoms. The third-order valence-corrected chi connectivity index (χ3v) is 4.18. The lowest BCUT2D eigenvalue weighted by molar-refractivity contribution is 0.104. The first-order chi connectivity index (χ1) is 11.9. The van der Waals surface area contributed by atoms with Crippen molar-refractivity contribution in [2.75, 3.05) is 21.3 Å². The molecular formula is C21H24O4. The number of allylic oxidation sites excluding steroid dienone is 1. The van der Waals surface area contributed by atoms with Crippen LogP contribution < -0.4 is 14.2 Å². The minimum Gasteiger partial charge on any atom is -0.496 e. The number of hydrogen-bond donors (Lipinski definition) is 0. The van der Waals surface area contributed by atoms with Crippen LogP contribution in [0.4, 0.5) is 0 Å². The molecule has 0 aliphatic rings. The number of carbonyl (C=O) groups excluding carboxylic acids is 1. The van der Waals surface area contributed by atoms with Crippen molar-refractivity contribution in [2.45, 2.75) is 20.8 Å². The Kier molecular flexibility index (Phi) is 5.86. The first kappa shape index (κ1) is 18.6. The van der Waals surface area contributed by atoms with Crippen LogP contribution in [0, 0.1) is 20.8 Å². The Balaban J connectivity index is 2.53. The molecule has 0 radical (unpaired) electrons. The van der Waals surface area contributed by atoms with E-state index in [9.17, 15) is 4.79 Å². The van der Waals surface area contributed by atoms with Gasteiger partial charge in [0, 0.05) is 11.1 Å². The van der Waals surface area contributed by atoms with Crippen molar-refractivity contribution < 1.29 is 19.0 Å². The molecule has 0 fully saturated rings. The lowest BCUT2D eigenvalue weighted by atomic mass is 9.98. The van der Waals surface area contributed by atoms with E-state index in [-0.39, 0.29) is 5.78 Å². The van der Waals surface area contributed by atoms with Crippen LogP contribution in [0.25, 0.3) is 6.08 Å². The standard InChI is InChI=1S/C21H24O4/c1-13-7-9-16(10-8-13)11-12-17(22)18-20(24-5)14(2)19(23-4)15(3)21(18)25-6/h7-12H,1-6H3. The van der Waals surface area contributed by atoms with Gasteiger partial charge in [0.15, 0.2) is 5.78 Å². The van der Waals surface area contributed by atoms with Gasteiger partial charge in [-0.1, -0.05) is 35.9 Å². The maximum absolute atomic E-state index is 12.9. The number of rotatable bonds is 6. The van der Waals surface area contributed by atoms with E-state index < -0.39 is 0 Å². The van der Waals surface area contributed by atoms with Crippen molar-refractivity contribution >= 4 is 11.9 Å². The van der Waals surface area contributed by atoms with E-state index in [1.54, 1.807) is 13.2 Å². The van der Waals surface area contributed by atoms with Crippen LogP contribution in [-0.2, 0) is 0 Å². The molecule has 25 heavy (non-hydrogen) atoms. The van der Waals surface area contributed by atoms with Crippen molar-refractivity contribution in [1.82, 2.24) is 0 Å². The van der Waals surface area contributed by atoms with E-state index >= 15 is 0 Å². The van der Waals surface area contributed by atoms with Crippen LogP contribution >= 0.6 is 0 Å². The second-order valence-electron chi connectivity index (χ2n) is 5.83. The van der Waals surface area contributed by atoms with Crippen molar-refractivity contribution in [1.29, 1.82) is 0 Å². The van der Waals surface area contributed by atoms with Crippen LogP contribution in [0.15, 0.2) is 30.3 Å². The van der Waals surface area contributed by atoms with E-state index in [1.165, 1.54) is 25.9 Å². The number of ketones is 1. The van der Waals surface area contributed by atoms with Crippen molar-refractivity contribution in [2.24, 2.45) is 0 Å². The molecule has 2 rings (SSSR count). The smallest absolute Gasteiger partial charge is 0.193 e. The Bertz CT molecular complexity index is 771. The lowest BCUT2D eigenvalue weighted by Crippen LogP contribution is -2.08. The van der Waals surface area contributed by atoms with Gasteiger partial charge < -0.3 is 14.2 Å². The summed E-state index contributed by atoms with van der Waals surface area (Å²) < 4.78 is 16.4. The van der Waals surface area contributed by atoms with Gasteiger partial charge in [-0.25, -0.2) is 0 Å². The van der Waals surface area contributed by atoms with E-state index in [2.05, 4.69) is 0 Å². The fourth-order valence-corrected chi connectivity index (χ4v) is 2.94. The molecule has 0 saturated carbocycles. The molecule has 0 aliphatic heterocycles. The quantitative estimate of drug-likeness (QED) is 0.572. The molecule has 0 bridgehead atoms. The summed E-state index contributed by atoms with van der Waals surface area (Å²) in [4.78, 5) is 12.9. The van der Waals surface area contributed by atoms with E-state index in [1.807, 2.05) is 45.0 Å². The first-order valence-corrected chi connectivity index (χ1v) is 8.02. The van der Waals surface area contributed by atoms with Gasteiger partial charge in [-0.2, -0.15) is 0 Å². The fraction of sp³-hybridized carbons (Fsp3) is 0.286. The predicted octanol–water partition coefficient (Wildman–Crippen LogP) is 4.53. The Labute approximate surface area is 149 Å². The van der Waals surface area contributed by atoms with Gasteiger partial charge in [-0.15, -0.1) is 0 Å². The summed E-state index contributed by atoms with van der Waals surface area (Å²) in [5.74, 6) is 1.42. The van der Waals surface area contributed by atoms with E-state index in [0.717, 1.165) is 16.7 Å². The third kappa shape index (κ3) is 3.68. The number of hydrogen-bond acceptors (Lipinski definition) is 4. The number of carbonyl (C=O) groups is 1. The van der Waals surface area contributed by atoms with Gasteiger partial charge in [0.1, 0.15) is 22.8 Å². The van der Waals surface area contributed by atoms with Crippen molar-refractivity contribution in [3.63, 3.8) is 0 Å². The lowest BCUT2D eigenvalue weighted by Gasteiger charge is -2.19. The van der Waals surface area contributed by atoms with Crippen LogP contribution in [-0.4, -0.2) is 27.1 Å². The van der Waals surface area contributed by atoms with Gasteiger partial charge in [-0.3, -0.25) is 4.79 Å². The summed E-state index contributed by atoms with van der Waals surface area (Å²) in [7, 11) is 4.67. The average molecular weight is 340 g/mol. The molecule has 2 aromatic rings. The molecular weight excluding hydrogens is 316 g/mol. The fourth-order valence-electron chi connectivity index (χ4n) is 2.94. The minimum absolute atomic E-state index is 0.178. The largest absolute Gasteiger partial charge is 0.496 e. The molecule has 0 amide bonds. The highest BCUT2D eigenvalue weighted by Crippen LogP contribution is 2.43. The Morgan fingerprint density at radius 1 is 0.800 bits per heavy atom. The summed E-state index contributed by atoms with van der Waals surface area (Å²) in [6.45, 7) is 5.76. The molecule has 0 aromatic heterocycles. The van der Waals surface area contributed by atoms with Crippen LogP contribution in [0.1, 0.15) is 32.6 Å². The summed E-state index contributed by atoms with van der Waals surface area (Å²) in [5, 5.41) is 0. The van der Waals surface area contributed by atoms with Gasteiger partial charge in [0.25, 0.3) is 0 Å². The molecule has 0 aliphatic carbocycles. The highest BCUT2D eigenvalue weighted by atomic mass is 16.5. The summed E-state index contributed by atoms with van der Waals surface area (Å²) in [6, 6.07) is 7.95. The normalized spacial score (nSPS) is 10.8. The first-order valence-electron chi connectivity index (χ1n) is 8.02. The maximum atomic E-state index is 12.9. The highest BCUT2D eigenvalue weighted by Gasteiger charge is 2.25. The molecule has 132 valence electrons. The zero-order valence-electron chi connectivity index (χ0n) is 15.6.